The fourth-order valence-corrected chi connectivity index (χ4v) is 10.9. The molecule has 2 aromatic heterocycles. The van der Waals surface area contributed by atoms with Gasteiger partial charge in [-0.05, 0) is 56.2 Å². The number of rotatable bonds is 30. The zero-order chi connectivity index (χ0) is 47.3. The van der Waals surface area contributed by atoms with Gasteiger partial charge in [0.2, 0.25) is 5.60 Å². The van der Waals surface area contributed by atoms with Crippen LogP contribution >= 0.6 is 19.4 Å². The van der Waals surface area contributed by atoms with Crippen molar-refractivity contribution in [2.24, 2.45) is 0 Å². The van der Waals surface area contributed by atoms with Crippen molar-refractivity contribution < 1.29 is 41.8 Å². The smallest absolute Gasteiger partial charge is 0.402 e. The van der Waals surface area contributed by atoms with Crippen LogP contribution in [0.25, 0.3) is 5.52 Å². The van der Waals surface area contributed by atoms with Crippen molar-refractivity contribution in [2.75, 3.05) is 25.6 Å². The highest BCUT2D eigenvalue weighted by Gasteiger charge is 2.89. The third-order valence-electron chi connectivity index (χ3n) is 12.8. The molecule has 0 radical (unpaired) electrons. The second kappa shape index (κ2) is 23.5. The van der Waals surface area contributed by atoms with E-state index in [9.17, 15) is 10.5 Å². The number of nitrogen functional groups attached to an aromatic ring is 1. The van der Waals surface area contributed by atoms with Crippen LogP contribution < -0.4 is 10.3 Å². The molecule has 1 saturated carbocycles. The number of hydrogen-bond acceptors (Lipinski definition) is 14. The molecule has 2 unspecified atom stereocenters. The van der Waals surface area contributed by atoms with E-state index in [1.807, 2.05) is 12.1 Å². The fourth-order valence-electron chi connectivity index (χ4n) is 9.25. The van der Waals surface area contributed by atoms with Crippen molar-refractivity contribution in [2.45, 2.75) is 172 Å². The van der Waals surface area contributed by atoms with Gasteiger partial charge in [0.25, 0.3) is 0 Å². The monoisotopic (exact) mass is 960 g/mol. The Morgan fingerprint density at radius 3 is 2.19 bits per heavy atom. The maximum absolute atomic E-state index is 15.0. The molecular weight excluding hydrogens is 895 g/mol. The summed E-state index contributed by atoms with van der Waals surface area (Å²) in [4.78, 5) is 4.07. The second-order valence-corrected chi connectivity index (χ2v) is 20.2. The minimum absolute atomic E-state index is 0.0562. The molecule has 67 heavy (non-hydrogen) atoms. The molecule has 3 fully saturated rings. The van der Waals surface area contributed by atoms with Crippen LogP contribution in [0.1, 0.15) is 140 Å². The lowest BCUT2D eigenvalue weighted by Crippen LogP contribution is -2.46. The van der Waals surface area contributed by atoms with Crippen molar-refractivity contribution in [3.8, 4) is 17.9 Å². The molecule has 15 nitrogen and oxygen atoms in total. The number of nitriles is 2. The highest BCUT2D eigenvalue weighted by molar-refractivity contribution is 7.49. The van der Waals surface area contributed by atoms with E-state index < -0.39 is 49.2 Å². The lowest BCUT2D eigenvalue weighted by molar-refractivity contribution is -0.188. The van der Waals surface area contributed by atoms with Gasteiger partial charge in [-0.2, -0.15) is 15.6 Å². The van der Waals surface area contributed by atoms with Gasteiger partial charge in [-0.1, -0.05) is 145 Å². The first kappa shape index (κ1) is 50.7. The van der Waals surface area contributed by atoms with Crippen LogP contribution in [0.4, 0.5) is 5.82 Å². The Morgan fingerprint density at radius 2 is 1.52 bits per heavy atom. The molecule has 7 atom stereocenters. The summed E-state index contributed by atoms with van der Waals surface area (Å²) in [5.41, 5.74) is 4.97. The summed E-state index contributed by atoms with van der Waals surface area (Å²) in [5.74, 6) is -0.930. The van der Waals surface area contributed by atoms with Crippen molar-refractivity contribution >= 4 is 30.8 Å². The van der Waals surface area contributed by atoms with E-state index in [1.165, 1.54) is 94.3 Å². The maximum atomic E-state index is 15.0. The molecule has 0 amide bonds. The summed E-state index contributed by atoms with van der Waals surface area (Å²) in [5, 5.41) is 25.1. The normalized spacial score (nSPS) is 23.8. The van der Waals surface area contributed by atoms with Gasteiger partial charge >= 0.3 is 7.82 Å². The Hall–Kier alpha value is -4.12. The van der Waals surface area contributed by atoms with Crippen molar-refractivity contribution in [1.82, 2.24) is 14.6 Å². The average Bonchev–Trinajstić information content (AvgIpc) is 3.63. The number of phosphoric ester groups is 1. The number of nitrogens with zero attached hydrogens (tertiary/aromatic N) is 5. The van der Waals surface area contributed by atoms with Crippen LogP contribution in [-0.4, -0.2) is 70.2 Å². The van der Waals surface area contributed by atoms with Crippen LogP contribution in [-0.2, 0) is 49.5 Å². The highest BCUT2D eigenvalue weighted by Crippen LogP contribution is 2.70. The molecule has 2 saturated heterocycles. The molecule has 3 aliphatic rings. The van der Waals surface area contributed by atoms with Gasteiger partial charge in [0.05, 0.1) is 42.2 Å². The van der Waals surface area contributed by atoms with Crippen LogP contribution in [0.3, 0.4) is 0 Å². The Bertz CT molecular complexity index is 2370. The first-order valence-corrected chi connectivity index (χ1v) is 25.9. The zero-order valence-corrected chi connectivity index (χ0v) is 40.8. The number of unbranched alkanes of at least 4 members (excludes halogenated alkanes) is 15. The molecule has 362 valence electrons. The zero-order valence-electron chi connectivity index (χ0n) is 39.1. The van der Waals surface area contributed by atoms with Gasteiger partial charge in [0.1, 0.15) is 48.1 Å². The summed E-state index contributed by atoms with van der Waals surface area (Å²) < 4.78 is 67.0. The lowest BCUT2D eigenvalue weighted by atomic mass is 9.90. The second-order valence-electron chi connectivity index (χ2n) is 18.3. The van der Waals surface area contributed by atoms with Crippen molar-refractivity contribution in [3.63, 3.8) is 0 Å². The van der Waals surface area contributed by atoms with Crippen molar-refractivity contribution in [1.29, 1.82) is 10.5 Å². The number of phosphoric acid groups is 1. The first-order chi connectivity index (χ1) is 32.5. The van der Waals surface area contributed by atoms with Crippen LogP contribution in [0, 0.1) is 22.7 Å². The first-order valence-electron chi connectivity index (χ1n) is 24.1. The van der Waals surface area contributed by atoms with Gasteiger partial charge in [-0.25, -0.2) is 14.1 Å². The molecule has 0 bridgehead atoms. The Morgan fingerprint density at radius 1 is 0.866 bits per heavy atom. The summed E-state index contributed by atoms with van der Waals surface area (Å²) in [6.45, 7) is 6.10. The Balaban J connectivity index is 0.971. The van der Waals surface area contributed by atoms with E-state index in [2.05, 4.69) is 29.1 Å². The van der Waals surface area contributed by atoms with Crippen LogP contribution in [0.5, 0.6) is 5.75 Å². The number of ether oxygens (including phenoxy) is 5. The molecule has 4 heterocycles. The fraction of sp³-hybridized carbons (Fsp3) is 0.600. The third kappa shape index (κ3) is 12.2. The number of nitrogens with two attached hydrogens (primary N) is 1. The number of para-hydroxylation sites is 1. The number of benzene rings is 2. The minimum atomic E-state index is -4.62. The molecule has 2 aromatic carbocycles. The van der Waals surface area contributed by atoms with Crippen LogP contribution in [0.2, 0.25) is 5.02 Å². The summed E-state index contributed by atoms with van der Waals surface area (Å²) >= 11 is 6.52. The number of aromatic nitrogens is 3. The molecule has 1 aliphatic carbocycles. The number of fused-ring (bicyclic) bond motifs is 1. The van der Waals surface area contributed by atoms with Crippen molar-refractivity contribution in [3.05, 3.63) is 88.8 Å². The molecule has 2 N–H and O–H groups in total. The predicted octanol–water partition coefficient (Wildman–Crippen LogP) is 11.3. The topological polar surface area (TPSA) is 195 Å². The van der Waals surface area contributed by atoms with Gasteiger partial charge in [-0.15, -0.1) is 0 Å². The molecule has 2 aliphatic heterocycles. The Kier molecular flexibility index (Phi) is 17.8. The minimum Gasteiger partial charge on any atom is -0.402 e. The third-order valence-corrected chi connectivity index (χ3v) is 14.4. The van der Waals surface area contributed by atoms with E-state index in [-0.39, 0.29) is 36.4 Å². The van der Waals surface area contributed by atoms with Gasteiger partial charge in [0.15, 0.2) is 17.2 Å². The molecule has 7 rings (SSSR count). The summed E-state index contributed by atoms with van der Waals surface area (Å²) in [6.07, 6.45) is 17.9. The summed E-state index contributed by atoms with van der Waals surface area (Å²) in [6, 6.07) is 21.6. The van der Waals surface area contributed by atoms with Crippen LogP contribution in [0.15, 0.2) is 67.0 Å². The van der Waals surface area contributed by atoms with E-state index in [1.54, 1.807) is 62.4 Å². The van der Waals surface area contributed by atoms with E-state index in [0.717, 1.165) is 19.3 Å². The maximum Gasteiger partial charge on any atom is 0.530 e. The molecular formula is C50H66ClN6O9P. The number of anilines is 1. The van der Waals surface area contributed by atoms with Gasteiger partial charge < -0.3 is 33.9 Å². The standard InChI is InChI=1S/C50H66ClN6O9P/c1-4-5-6-7-8-9-10-11-12-13-14-15-16-17-18-23-30-59-33-39(60-32-38-25-20-19-24-37(38)31-52)34-61-67(58,64-42-27-22-21-26-40(42)51)65-45-44-50(45)47(63-48(2,3)66-50)49(35-53,62-44)43-29-28-41-46(54)55-36-56-57(41)43/h19-22,24-29,36,39,44-45,47H,4-18,23,30,32-34H2,1-3H3,(H2,54,55,56)/t39-,44-,45?,47+,49+,50+,67?/m1/s1. The van der Waals surface area contributed by atoms with Gasteiger partial charge in [-0.3, -0.25) is 9.05 Å². The van der Waals surface area contributed by atoms with E-state index in [0.29, 0.717) is 28.9 Å². The number of halogens is 1. The van der Waals surface area contributed by atoms with E-state index >= 15 is 4.57 Å². The summed E-state index contributed by atoms with van der Waals surface area (Å²) in [7, 11) is -4.62. The lowest BCUT2D eigenvalue weighted by Gasteiger charge is -2.31. The molecule has 1 spiro atoms. The predicted molar refractivity (Wildman–Crippen MR) is 253 cm³/mol. The SMILES string of the molecule is CCCCCCCCCCCCCCCCCCOC[C@H](COP(=O)(Oc1ccccc1Cl)OC1[C@H]2O[C@@](C#N)(c3ccc4c(N)ncnn34)[C@@H]3OC(C)(C)O[C@]123)OCc1ccccc1C#N. The average molecular weight is 962 g/mol. The number of hydrogen-bond donors (Lipinski definition) is 1. The van der Waals surface area contributed by atoms with Gasteiger partial charge in [0, 0.05) is 6.61 Å². The molecule has 17 heteroatoms. The quantitative estimate of drug-likeness (QED) is 0.0383. The molecule has 4 aromatic rings. The Labute approximate surface area is 400 Å². The highest BCUT2D eigenvalue weighted by atomic mass is 35.5. The largest absolute Gasteiger partial charge is 0.530 e. The van der Waals surface area contributed by atoms with E-state index in [4.69, 9.17) is 54.6 Å².